The molecule has 0 unspecified atom stereocenters. The van der Waals surface area contributed by atoms with E-state index in [4.69, 9.17) is 11.5 Å². The summed E-state index contributed by atoms with van der Waals surface area (Å²) in [7, 11) is 0. The van der Waals surface area contributed by atoms with Crippen LogP contribution in [0.15, 0.2) is 24.3 Å². The van der Waals surface area contributed by atoms with E-state index >= 15 is 0 Å². The van der Waals surface area contributed by atoms with Crippen molar-refractivity contribution < 1.29 is 0 Å². The second-order valence-corrected chi connectivity index (χ2v) is 8.05. The second kappa shape index (κ2) is 6.51. The van der Waals surface area contributed by atoms with Gasteiger partial charge in [0, 0.05) is 36.5 Å². The Kier molecular flexibility index (Phi) is 4.22. The van der Waals surface area contributed by atoms with Crippen LogP contribution in [0.4, 0.5) is 10.3 Å². The maximum atomic E-state index is 5.83. The predicted molar refractivity (Wildman–Crippen MR) is 103 cm³/mol. The van der Waals surface area contributed by atoms with Gasteiger partial charge >= 0.3 is 0 Å². The molecule has 1 aromatic carbocycles. The molecule has 0 amide bonds. The van der Waals surface area contributed by atoms with Gasteiger partial charge in [-0.2, -0.15) is 0 Å². The van der Waals surface area contributed by atoms with Gasteiger partial charge in [0.05, 0.1) is 15.9 Å². The Morgan fingerprint density at radius 2 is 1.92 bits per heavy atom. The SMILES string of the molecule is Nc1nc2c(s1)CCN(C/C=C/c1cccc3sc(N)nc13)CC2. The fourth-order valence-corrected chi connectivity index (χ4v) is 4.70. The monoisotopic (exact) mass is 357 g/mol. The average molecular weight is 358 g/mol. The van der Waals surface area contributed by atoms with E-state index in [0.717, 1.165) is 48.3 Å². The summed E-state index contributed by atoms with van der Waals surface area (Å²) < 4.78 is 1.14. The Labute approximate surface area is 148 Å². The number of nitrogens with two attached hydrogens (primary N) is 2. The van der Waals surface area contributed by atoms with E-state index < -0.39 is 0 Å². The molecule has 5 nitrogen and oxygen atoms in total. The van der Waals surface area contributed by atoms with Gasteiger partial charge in [-0.1, -0.05) is 35.6 Å². The molecule has 2 aromatic heterocycles. The van der Waals surface area contributed by atoms with E-state index in [9.17, 15) is 0 Å². The van der Waals surface area contributed by atoms with Gasteiger partial charge in [0.2, 0.25) is 0 Å². The highest BCUT2D eigenvalue weighted by atomic mass is 32.1. The molecule has 0 bridgehead atoms. The zero-order valence-corrected chi connectivity index (χ0v) is 14.9. The lowest BCUT2D eigenvalue weighted by atomic mass is 10.2. The van der Waals surface area contributed by atoms with Crippen molar-refractivity contribution >= 4 is 49.2 Å². The number of aromatic nitrogens is 2. The maximum absolute atomic E-state index is 5.83. The zero-order chi connectivity index (χ0) is 16.5. The molecule has 0 spiro atoms. The van der Waals surface area contributed by atoms with Crippen molar-refractivity contribution in [3.63, 3.8) is 0 Å². The standard InChI is InChI=1S/C17H19N5S2/c18-16-20-12-6-9-22(10-7-13(12)23-16)8-2-4-11-3-1-5-14-15(11)21-17(19)24-14/h1-5H,6-10H2,(H2,18,20)(H2,19,21)/b4-2+. The van der Waals surface area contributed by atoms with Gasteiger partial charge in [-0.3, -0.25) is 4.90 Å². The lowest BCUT2D eigenvalue weighted by Gasteiger charge is -2.17. The predicted octanol–water partition coefficient (Wildman–Crippen LogP) is 3.03. The molecule has 124 valence electrons. The van der Waals surface area contributed by atoms with Crippen LogP contribution in [0.5, 0.6) is 0 Å². The smallest absolute Gasteiger partial charge is 0.181 e. The Balaban J connectivity index is 1.43. The van der Waals surface area contributed by atoms with Crippen LogP contribution in [0.2, 0.25) is 0 Å². The molecule has 0 radical (unpaired) electrons. The summed E-state index contributed by atoms with van der Waals surface area (Å²) in [5.41, 5.74) is 14.9. The fraction of sp³-hybridized carbons (Fsp3) is 0.294. The summed E-state index contributed by atoms with van der Waals surface area (Å²) in [6.45, 7) is 3.00. The lowest BCUT2D eigenvalue weighted by Crippen LogP contribution is -2.26. The van der Waals surface area contributed by atoms with E-state index in [1.54, 1.807) is 11.3 Å². The quantitative estimate of drug-likeness (QED) is 0.753. The third kappa shape index (κ3) is 3.15. The molecule has 1 aliphatic rings. The summed E-state index contributed by atoms with van der Waals surface area (Å²) >= 11 is 3.17. The number of fused-ring (bicyclic) bond motifs is 2. The molecule has 3 heterocycles. The third-order valence-electron chi connectivity index (χ3n) is 4.24. The summed E-state index contributed by atoms with van der Waals surface area (Å²) in [6.07, 6.45) is 6.38. The maximum Gasteiger partial charge on any atom is 0.181 e. The van der Waals surface area contributed by atoms with Gasteiger partial charge in [-0.15, -0.1) is 11.3 Å². The Bertz CT molecular complexity index is 870. The summed E-state index contributed by atoms with van der Waals surface area (Å²) in [5.74, 6) is 0. The average Bonchev–Trinajstić information content (AvgIpc) is 3.06. The molecule has 0 saturated heterocycles. The number of thiazole rings is 2. The normalized spacial score (nSPS) is 15.8. The van der Waals surface area contributed by atoms with Crippen LogP contribution < -0.4 is 11.5 Å². The van der Waals surface area contributed by atoms with E-state index in [0.29, 0.717) is 10.3 Å². The van der Waals surface area contributed by atoms with Crippen molar-refractivity contribution in [3.8, 4) is 0 Å². The lowest BCUT2D eigenvalue weighted by molar-refractivity contribution is 0.318. The molecule has 24 heavy (non-hydrogen) atoms. The molecule has 4 N–H and O–H groups in total. The number of para-hydroxylation sites is 1. The summed E-state index contributed by atoms with van der Waals surface area (Å²) in [5, 5.41) is 1.32. The van der Waals surface area contributed by atoms with Crippen LogP contribution in [0.3, 0.4) is 0 Å². The zero-order valence-electron chi connectivity index (χ0n) is 13.2. The molecule has 1 aliphatic heterocycles. The first kappa shape index (κ1) is 15.6. The number of nitrogen functional groups attached to an aromatic ring is 2. The Morgan fingerprint density at radius 1 is 1.08 bits per heavy atom. The van der Waals surface area contributed by atoms with Crippen LogP contribution in [-0.4, -0.2) is 34.5 Å². The molecule has 0 fully saturated rings. The topological polar surface area (TPSA) is 81.1 Å². The summed E-state index contributed by atoms with van der Waals surface area (Å²) in [4.78, 5) is 12.7. The van der Waals surface area contributed by atoms with Crippen LogP contribution in [0, 0.1) is 0 Å². The van der Waals surface area contributed by atoms with Gasteiger partial charge in [0.1, 0.15) is 0 Å². The minimum absolute atomic E-state index is 0.622. The Morgan fingerprint density at radius 3 is 2.83 bits per heavy atom. The molecule has 0 aliphatic carbocycles. The van der Waals surface area contributed by atoms with Crippen LogP contribution in [0.1, 0.15) is 16.1 Å². The Hall–Kier alpha value is -1.96. The van der Waals surface area contributed by atoms with E-state index in [1.807, 2.05) is 0 Å². The van der Waals surface area contributed by atoms with Crippen molar-refractivity contribution in [2.75, 3.05) is 31.1 Å². The largest absolute Gasteiger partial charge is 0.375 e. The molecule has 3 aromatic rings. The minimum Gasteiger partial charge on any atom is -0.375 e. The minimum atomic E-state index is 0.622. The first-order chi connectivity index (χ1) is 11.7. The molecule has 0 atom stereocenters. The summed E-state index contributed by atoms with van der Waals surface area (Å²) in [6, 6.07) is 6.21. The second-order valence-electron chi connectivity index (χ2n) is 5.87. The van der Waals surface area contributed by atoms with Crippen molar-refractivity contribution in [1.29, 1.82) is 0 Å². The molecule has 4 rings (SSSR count). The van der Waals surface area contributed by atoms with Crippen molar-refractivity contribution in [3.05, 3.63) is 40.4 Å². The van der Waals surface area contributed by atoms with Gasteiger partial charge in [-0.05, 0) is 12.5 Å². The van der Waals surface area contributed by atoms with Gasteiger partial charge < -0.3 is 11.5 Å². The first-order valence-electron chi connectivity index (χ1n) is 7.97. The number of nitrogens with zero attached hydrogens (tertiary/aromatic N) is 3. The molecule has 0 saturated carbocycles. The number of anilines is 2. The fourth-order valence-electron chi connectivity index (χ4n) is 3.06. The van der Waals surface area contributed by atoms with Crippen LogP contribution in [0.25, 0.3) is 16.3 Å². The highest BCUT2D eigenvalue weighted by molar-refractivity contribution is 7.22. The van der Waals surface area contributed by atoms with E-state index in [2.05, 4.69) is 45.2 Å². The van der Waals surface area contributed by atoms with Crippen LogP contribution >= 0.6 is 22.7 Å². The van der Waals surface area contributed by atoms with Crippen LogP contribution in [-0.2, 0) is 12.8 Å². The first-order valence-corrected chi connectivity index (χ1v) is 9.60. The third-order valence-corrected chi connectivity index (χ3v) is 6.08. The highest BCUT2D eigenvalue weighted by Gasteiger charge is 2.16. The highest BCUT2D eigenvalue weighted by Crippen LogP contribution is 2.27. The number of benzene rings is 1. The van der Waals surface area contributed by atoms with Gasteiger partial charge in [0.15, 0.2) is 10.3 Å². The van der Waals surface area contributed by atoms with Crippen molar-refractivity contribution in [2.45, 2.75) is 12.8 Å². The molecular weight excluding hydrogens is 338 g/mol. The van der Waals surface area contributed by atoms with E-state index in [-0.39, 0.29) is 0 Å². The number of hydrogen-bond acceptors (Lipinski definition) is 7. The molecule has 7 heteroatoms. The molecular formula is C17H19N5S2. The number of rotatable bonds is 3. The van der Waals surface area contributed by atoms with E-state index in [1.165, 1.54) is 21.9 Å². The van der Waals surface area contributed by atoms with Gasteiger partial charge in [-0.25, -0.2) is 9.97 Å². The van der Waals surface area contributed by atoms with Crippen molar-refractivity contribution in [2.24, 2.45) is 0 Å². The van der Waals surface area contributed by atoms with Crippen molar-refractivity contribution in [1.82, 2.24) is 14.9 Å². The number of hydrogen-bond donors (Lipinski definition) is 2. The van der Waals surface area contributed by atoms with Gasteiger partial charge in [0.25, 0.3) is 0 Å².